The third-order valence-electron chi connectivity index (χ3n) is 4.86. The second-order valence-corrected chi connectivity index (χ2v) is 7.96. The van der Waals surface area contributed by atoms with E-state index in [0.717, 1.165) is 5.69 Å². The van der Waals surface area contributed by atoms with Gasteiger partial charge in [-0.3, -0.25) is 10.1 Å². The Labute approximate surface area is 159 Å². The average Bonchev–Trinajstić information content (AvgIpc) is 2.62. The normalized spacial score (nSPS) is 15.6. The van der Waals surface area contributed by atoms with Gasteiger partial charge in [-0.15, -0.1) is 0 Å². The van der Waals surface area contributed by atoms with Crippen LogP contribution in [-0.2, 0) is 5.41 Å². The molecule has 0 radical (unpaired) electrons. The molecule has 1 fully saturated rings. The Morgan fingerprint density at radius 2 is 1.78 bits per heavy atom. The zero-order valence-electron chi connectivity index (χ0n) is 16.0. The molecule has 1 aromatic heterocycles. The third-order valence-corrected chi connectivity index (χ3v) is 4.86. The van der Waals surface area contributed by atoms with Crippen LogP contribution in [0.15, 0.2) is 36.4 Å². The fourth-order valence-electron chi connectivity index (χ4n) is 3.14. The summed E-state index contributed by atoms with van der Waals surface area (Å²) < 4.78 is 0. The molecule has 1 aromatic carbocycles. The van der Waals surface area contributed by atoms with Crippen molar-refractivity contribution in [1.29, 1.82) is 0 Å². The number of nitro groups is 1. The van der Waals surface area contributed by atoms with E-state index in [0.29, 0.717) is 31.7 Å². The van der Waals surface area contributed by atoms with Crippen molar-refractivity contribution in [2.45, 2.75) is 45.1 Å². The lowest BCUT2D eigenvalue weighted by atomic mass is 9.87. The predicted octanol–water partition coefficient (Wildman–Crippen LogP) is 3.99. The number of pyridine rings is 1. The van der Waals surface area contributed by atoms with Crippen molar-refractivity contribution in [3.63, 3.8) is 0 Å². The molecule has 0 saturated carbocycles. The number of benzene rings is 1. The lowest BCUT2D eigenvalue weighted by Crippen LogP contribution is -2.36. The second-order valence-electron chi connectivity index (χ2n) is 7.96. The Balaban J connectivity index is 1.86. The highest BCUT2D eigenvalue weighted by Gasteiger charge is 2.22. The highest BCUT2D eigenvalue weighted by atomic mass is 16.6. The Hall–Kier alpha value is -2.67. The number of piperidine rings is 1. The van der Waals surface area contributed by atoms with Crippen LogP contribution in [0, 0.1) is 10.1 Å². The zero-order valence-corrected chi connectivity index (χ0v) is 16.0. The van der Waals surface area contributed by atoms with Gasteiger partial charge in [-0.05, 0) is 42.0 Å². The first kappa shape index (κ1) is 19.1. The van der Waals surface area contributed by atoms with Crippen LogP contribution in [0.5, 0.6) is 0 Å². The van der Waals surface area contributed by atoms with Crippen molar-refractivity contribution >= 4 is 23.0 Å². The molecule has 0 amide bonds. The van der Waals surface area contributed by atoms with Crippen molar-refractivity contribution in [3.05, 3.63) is 52.1 Å². The van der Waals surface area contributed by atoms with Crippen LogP contribution in [0.4, 0.5) is 23.0 Å². The summed E-state index contributed by atoms with van der Waals surface area (Å²) in [7, 11) is 0. The largest absolute Gasteiger partial charge is 0.393 e. The maximum atomic E-state index is 11.4. The molecule has 1 aliphatic rings. The molecule has 3 rings (SSSR count). The van der Waals surface area contributed by atoms with E-state index in [9.17, 15) is 15.2 Å². The summed E-state index contributed by atoms with van der Waals surface area (Å²) in [5, 5.41) is 24.2. The molecule has 2 N–H and O–H groups in total. The molecule has 0 spiro atoms. The van der Waals surface area contributed by atoms with Crippen molar-refractivity contribution in [3.8, 4) is 0 Å². The van der Waals surface area contributed by atoms with Gasteiger partial charge < -0.3 is 15.3 Å². The molecule has 0 unspecified atom stereocenters. The van der Waals surface area contributed by atoms with E-state index in [1.807, 2.05) is 29.2 Å². The molecule has 7 nitrogen and oxygen atoms in total. The van der Waals surface area contributed by atoms with Crippen molar-refractivity contribution < 1.29 is 10.0 Å². The van der Waals surface area contributed by atoms with E-state index >= 15 is 0 Å². The molecule has 0 aliphatic carbocycles. The van der Waals surface area contributed by atoms with Gasteiger partial charge in [-0.1, -0.05) is 32.9 Å². The van der Waals surface area contributed by atoms with Crippen molar-refractivity contribution in [2.75, 3.05) is 23.3 Å². The summed E-state index contributed by atoms with van der Waals surface area (Å²) in [6, 6.07) is 11.0. The summed E-state index contributed by atoms with van der Waals surface area (Å²) in [5.41, 5.74) is 1.93. The van der Waals surface area contributed by atoms with Crippen LogP contribution in [0.1, 0.15) is 39.2 Å². The molecule has 0 atom stereocenters. The Morgan fingerprint density at radius 3 is 2.33 bits per heavy atom. The molecule has 27 heavy (non-hydrogen) atoms. The van der Waals surface area contributed by atoms with E-state index in [-0.39, 0.29) is 23.0 Å². The van der Waals surface area contributed by atoms with Gasteiger partial charge in [0.05, 0.1) is 11.0 Å². The minimum Gasteiger partial charge on any atom is -0.393 e. The fourth-order valence-corrected chi connectivity index (χ4v) is 3.14. The number of aliphatic hydroxyl groups is 1. The average molecular weight is 370 g/mol. The number of rotatable bonds is 4. The second kappa shape index (κ2) is 7.52. The summed E-state index contributed by atoms with van der Waals surface area (Å²) in [4.78, 5) is 17.5. The van der Waals surface area contributed by atoms with Crippen molar-refractivity contribution in [1.82, 2.24) is 4.98 Å². The van der Waals surface area contributed by atoms with E-state index in [1.165, 1.54) is 11.6 Å². The number of aliphatic hydroxyl groups excluding tert-OH is 1. The molecule has 2 heterocycles. The van der Waals surface area contributed by atoms with Gasteiger partial charge in [0.25, 0.3) is 0 Å². The van der Waals surface area contributed by atoms with Gasteiger partial charge in [-0.2, -0.15) is 0 Å². The lowest BCUT2D eigenvalue weighted by molar-refractivity contribution is -0.384. The topological polar surface area (TPSA) is 91.5 Å². The third kappa shape index (κ3) is 4.54. The summed E-state index contributed by atoms with van der Waals surface area (Å²) in [5.74, 6) is 0.911. The number of nitrogens with zero attached hydrogens (tertiary/aromatic N) is 3. The SMILES string of the molecule is CC(C)(C)c1ccc(Nc2nc(N3CCC(O)CC3)ccc2[N+](=O)[O-])cc1. The maximum absolute atomic E-state index is 11.4. The quantitative estimate of drug-likeness (QED) is 0.624. The smallest absolute Gasteiger partial charge is 0.311 e. The van der Waals surface area contributed by atoms with Crippen LogP contribution in [0.2, 0.25) is 0 Å². The maximum Gasteiger partial charge on any atom is 0.311 e. The van der Waals surface area contributed by atoms with E-state index in [4.69, 9.17) is 0 Å². The number of anilines is 3. The number of hydrogen-bond acceptors (Lipinski definition) is 6. The van der Waals surface area contributed by atoms with Crippen molar-refractivity contribution in [2.24, 2.45) is 0 Å². The van der Waals surface area contributed by atoms with Gasteiger partial charge in [0, 0.05) is 24.8 Å². The first-order valence-electron chi connectivity index (χ1n) is 9.20. The van der Waals surface area contributed by atoms with Gasteiger partial charge in [0.2, 0.25) is 5.82 Å². The standard InChI is InChI=1S/C20H26N4O3/c1-20(2,3)14-4-6-15(7-5-14)21-19-17(24(26)27)8-9-18(22-19)23-12-10-16(25)11-13-23/h4-9,16,25H,10-13H2,1-3H3,(H,21,22). The summed E-state index contributed by atoms with van der Waals surface area (Å²) >= 11 is 0. The summed E-state index contributed by atoms with van der Waals surface area (Å²) in [6.45, 7) is 7.79. The minimum atomic E-state index is -0.428. The monoisotopic (exact) mass is 370 g/mol. The fraction of sp³-hybridized carbons (Fsp3) is 0.450. The van der Waals surface area contributed by atoms with Crippen LogP contribution in [-0.4, -0.2) is 34.2 Å². The van der Waals surface area contributed by atoms with Gasteiger partial charge in [0.1, 0.15) is 5.82 Å². The first-order chi connectivity index (χ1) is 12.7. The van der Waals surface area contributed by atoms with Gasteiger partial charge in [0.15, 0.2) is 0 Å². The molecule has 0 bridgehead atoms. The highest BCUT2D eigenvalue weighted by Crippen LogP contribution is 2.30. The van der Waals surface area contributed by atoms with E-state index in [1.54, 1.807) is 6.07 Å². The Kier molecular flexibility index (Phi) is 5.32. The van der Waals surface area contributed by atoms with E-state index < -0.39 is 4.92 Å². The minimum absolute atomic E-state index is 0.0432. The van der Waals surface area contributed by atoms with Crippen LogP contribution in [0.3, 0.4) is 0 Å². The van der Waals surface area contributed by atoms with Crippen LogP contribution in [0.25, 0.3) is 0 Å². The lowest BCUT2D eigenvalue weighted by Gasteiger charge is -2.30. The van der Waals surface area contributed by atoms with Gasteiger partial charge >= 0.3 is 5.69 Å². The predicted molar refractivity (Wildman–Crippen MR) is 107 cm³/mol. The number of nitrogens with one attached hydrogen (secondary N) is 1. The van der Waals surface area contributed by atoms with Crippen LogP contribution < -0.4 is 10.2 Å². The molecule has 1 aliphatic heterocycles. The van der Waals surface area contributed by atoms with Crippen LogP contribution >= 0.6 is 0 Å². The summed E-state index contributed by atoms with van der Waals surface area (Å²) in [6.07, 6.45) is 1.07. The molecule has 7 heteroatoms. The Bertz CT molecular complexity index is 807. The highest BCUT2D eigenvalue weighted by molar-refractivity contribution is 5.68. The number of hydrogen-bond donors (Lipinski definition) is 2. The zero-order chi connectivity index (χ0) is 19.6. The molecular formula is C20H26N4O3. The number of aromatic nitrogens is 1. The molecule has 1 saturated heterocycles. The first-order valence-corrected chi connectivity index (χ1v) is 9.20. The molecule has 144 valence electrons. The van der Waals surface area contributed by atoms with Gasteiger partial charge in [-0.25, -0.2) is 4.98 Å². The Morgan fingerprint density at radius 1 is 1.15 bits per heavy atom. The molecular weight excluding hydrogens is 344 g/mol. The van der Waals surface area contributed by atoms with E-state index in [2.05, 4.69) is 31.1 Å². The molecule has 2 aromatic rings.